The smallest absolute Gasteiger partial charge is 0.316 e. The monoisotopic (exact) mass is 504 g/mol. The molecular weight excluding hydrogens is 478 g/mol. The summed E-state index contributed by atoms with van der Waals surface area (Å²) < 4.78 is 36.0. The van der Waals surface area contributed by atoms with Crippen LogP contribution in [0, 0.1) is 11.8 Å². The molecule has 0 aliphatic rings. The third-order valence-electron chi connectivity index (χ3n) is 5.49. The lowest BCUT2D eigenvalue weighted by Gasteiger charge is -2.21. The minimum atomic E-state index is -3.58. The van der Waals surface area contributed by atoms with Gasteiger partial charge in [-0.2, -0.15) is 8.78 Å². The SMILES string of the molecule is CCNCc1ccc(COc2ccc(C#Cc3ccc(C(F)(F)C(O)Cn4cnnn4)nc3)cc2)cc1. The average molecular weight is 505 g/mol. The number of nitrogens with one attached hydrogen (secondary N) is 1. The van der Waals surface area contributed by atoms with E-state index in [4.69, 9.17) is 4.74 Å². The van der Waals surface area contributed by atoms with E-state index in [0.29, 0.717) is 12.2 Å². The number of alkyl halides is 2. The van der Waals surface area contributed by atoms with Crippen LogP contribution in [-0.4, -0.2) is 42.9 Å². The van der Waals surface area contributed by atoms with E-state index < -0.39 is 24.3 Å². The molecule has 0 amide bonds. The van der Waals surface area contributed by atoms with Crippen LogP contribution in [0.2, 0.25) is 0 Å². The molecule has 2 aromatic heterocycles. The lowest BCUT2D eigenvalue weighted by atomic mass is 10.1. The molecule has 0 saturated carbocycles. The summed E-state index contributed by atoms with van der Waals surface area (Å²) in [4.78, 5) is 3.80. The van der Waals surface area contributed by atoms with Crippen LogP contribution in [0.25, 0.3) is 0 Å². The fourth-order valence-electron chi connectivity index (χ4n) is 3.36. The molecule has 1 atom stereocenters. The highest BCUT2D eigenvalue weighted by Crippen LogP contribution is 2.31. The number of ether oxygens (including phenoxy) is 1. The number of benzene rings is 2. The Hall–Kier alpha value is -4.20. The Balaban J connectivity index is 1.31. The highest BCUT2D eigenvalue weighted by Gasteiger charge is 2.42. The van der Waals surface area contributed by atoms with E-state index in [9.17, 15) is 13.9 Å². The van der Waals surface area contributed by atoms with Gasteiger partial charge in [0.15, 0.2) is 0 Å². The minimum Gasteiger partial charge on any atom is -0.489 e. The number of aliphatic hydroxyl groups is 1. The zero-order valence-corrected chi connectivity index (χ0v) is 20.2. The maximum absolute atomic E-state index is 14.6. The van der Waals surface area contributed by atoms with E-state index in [1.165, 1.54) is 17.8 Å². The van der Waals surface area contributed by atoms with E-state index in [-0.39, 0.29) is 0 Å². The van der Waals surface area contributed by atoms with Crippen LogP contribution in [-0.2, 0) is 25.6 Å². The molecule has 8 nitrogen and oxygen atoms in total. The van der Waals surface area contributed by atoms with Crippen LogP contribution in [0.5, 0.6) is 5.75 Å². The molecule has 37 heavy (non-hydrogen) atoms. The van der Waals surface area contributed by atoms with Crippen LogP contribution < -0.4 is 10.1 Å². The number of tetrazole rings is 1. The van der Waals surface area contributed by atoms with Crippen molar-refractivity contribution in [3.05, 3.63) is 101 Å². The average Bonchev–Trinajstić information content (AvgIpc) is 3.44. The summed E-state index contributed by atoms with van der Waals surface area (Å²) in [5, 5.41) is 23.4. The number of halogens is 2. The highest BCUT2D eigenvalue weighted by molar-refractivity contribution is 5.44. The zero-order valence-electron chi connectivity index (χ0n) is 20.2. The third-order valence-corrected chi connectivity index (χ3v) is 5.49. The molecule has 2 heterocycles. The largest absolute Gasteiger partial charge is 0.489 e. The third kappa shape index (κ3) is 7.16. The molecule has 10 heteroatoms. The number of pyridine rings is 1. The summed E-state index contributed by atoms with van der Waals surface area (Å²) in [6, 6.07) is 18.2. The molecule has 0 aliphatic heterocycles. The van der Waals surface area contributed by atoms with Gasteiger partial charge in [0, 0.05) is 23.9 Å². The topological polar surface area (TPSA) is 98.0 Å². The van der Waals surface area contributed by atoms with E-state index in [1.807, 2.05) is 24.3 Å². The van der Waals surface area contributed by atoms with Gasteiger partial charge in [-0.1, -0.05) is 43.0 Å². The molecule has 0 fully saturated rings. The quantitative estimate of drug-likeness (QED) is 0.320. The second kappa shape index (κ2) is 12.2. The molecule has 0 bridgehead atoms. The Morgan fingerprint density at radius 1 is 1.00 bits per heavy atom. The predicted molar refractivity (Wildman–Crippen MR) is 133 cm³/mol. The van der Waals surface area contributed by atoms with E-state index >= 15 is 0 Å². The fourth-order valence-corrected chi connectivity index (χ4v) is 3.36. The van der Waals surface area contributed by atoms with Gasteiger partial charge in [0.05, 0.1) is 6.54 Å². The molecule has 1 unspecified atom stereocenters. The maximum atomic E-state index is 14.6. The first-order valence-electron chi connectivity index (χ1n) is 11.7. The lowest BCUT2D eigenvalue weighted by molar-refractivity contribution is -0.124. The minimum absolute atomic E-state index is 0.458. The second-order valence-corrected chi connectivity index (χ2v) is 8.26. The highest BCUT2D eigenvalue weighted by atomic mass is 19.3. The van der Waals surface area contributed by atoms with Gasteiger partial charge in [0.25, 0.3) is 0 Å². The summed E-state index contributed by atoms with van der Waals surface area (Å²) in [6.45, 7) is 3.85. The predicted octanol–water partition coefficient (Wildman–Crippen LogP) is 3.31. The summed E-state index contributed by atoms with van der Waals surface area (Å²) in [6.07, 6.45) is 0.361. The first kappa shape index (κ1) is 25.9. The van der Waals surface area contributed by atoms with Crippen molar-refractivity contribution in [2.24, 2.45) is 0 Å². The van der Waals surface area contributed by atoms with Crippen LogP contribution in [0.1, 0.15) is 34.9 Å². The van der Waals surface area contributed by atoms with Gasteiger partial charge >= 0.3 is 5.92 Å². The standard InChI is InChI=1S/C27H26F2N6O2/c1-2-30-15-21-5-7-23(8-6-21)18-37-24-12-9-20(10-13-24)3-4-22-11-14-25(31-16-22)27(28,29)26(36)17-35-19-32-33-34-35/h5-14,16,19,26,30,36H,2,15,17-18H2,1H3. The van der Waals surface area contributed by atoms with Crippen molar-refractivity contribution >= 4 is 0 Å². The maximum Gasteiger partial charge on any atom is 0.316 e. The van der Waals surface area contributed by atoms with Crippen molar-refractivity contribution in [2.75, 3.05) is 6.54 Å². The van der Waals surface area contributed by atoms with E-state index in [0.717, 1.165) is 47.0 Å². The number of nitrogens with zero attached hydrogens (tertiary/aromatic N) is 5. The molecule has 0 spiro atoms. The first-order valence-corrected chi connectivity index (χ1v) is 11.7. The van der Waals surface area contributed by atoms with Crippen molar-refractivity contribution in [1.29, 1.82) is 0 Å². The molecule has 2 aromatic carbocycles. The van der Waals surface area contributed by atoms with Crippen molar-refractivity contribution in [3.63, 3.8) is 0 Å². The van der Waals surface area contributed by atoms with Crippen molar-refractivity contribution in [1.82, 2.24) is 30.5 Å². The fraction of sp³-hybridized carbons (Fsp3) is 0.259. The molecule has 2 N–H and O–H groups in total. The normalized spacial score (nSPS) is 12.0. The summed E-state index contributed by atoms with van der Waals surface area (Å²) >= 11 is 0. The van der Waals surface area contributed by atoms with Gasteiger partial charge in [0.2, 0.25) is 0 Å². The zero-order chi connectivity index (χ0) is 26.1. The Labute approximate surface area is 213 Å². The van der Waals surface area contributed by atoms with Crippen LogP contribution >= 0.6 is 0 Å². The second-order valence-electron chi connectivity index (χ2n) is 8.26. The van der Waals surface area contributed by atoms with Crippen LogP contribution in [0.3, 0.4) is 0 Å². The molecule has 0 aliphatic carbocycles. The molecule has 4 aromatic rings. The molecule has 0 radical (unpaired) electrons. The Kier molecular flexibility index (Phi) is 8.51. The number of hydrogen-bond donors (Lipinski definition) is 2. The molecule has 4 rings (SSSR count). The summed E-state index contributed by atoms with van der Waals surface area (Å²) in [5.41, 5.74) is 2.95. The van der Waals surface area contributed by atoms with Gasteiger partial charge in [-0.15, -0.1) is 5.10 Å². The molecule has 190 valence electrons. The number of hydrogen-bond acceptors (Lipinski definition) is 7. The van der Waals surface area contributed by atoms with E-state index in [1.54, 1.807) is 0 Å². The molecule has 0 saturated heterocycles. The Morgan fingerprint density at radius 2 is 1.70 bits per heavy atom. The van der Waals surface area contributed by atoms with Gasteiger partial charge in [-0.05, 0) is 64.5 Å². The van der Waals surface area contributed by atoms with Gasteiger partial charge < -0.3 is 15.2 Å². The number of aromatic nitrogens is 5. The Bertz CT molecular complexity index is 1320. The van der Waals surface area contributed by atoms with Crippen molar-refractivity contribution < 1.29 is 18.6 Å². The number of aliphatic hydroxyl groups excluding tert-OH is 1. The number of rotatable bonds is 10. The summed E-state index contributed by atoms with van der Waals surface area (Å²) in [5.74, 6) is 3.02. The van der Waals surface area contributed by atoms with Gasteiger partial charge in [-0.25, -0.2) is 4.68 Å². The van der Waals surface area contributed by atoms with E-state index in [2.05, 4.69) is 68.9 Å². The summed E-state index contributed by atoms with van der Waals surface area (Å²) in [7, 11) is 0. The molecular formula is C27H26F2N6O2. The van der Waals surface area contributed by atoms with Crippen LogP contribution in [0.4, 0.5) is 8.78 Å². The van der Waals surface area contributed by atoms with Gasteiger partial charge in [0.1, 0.15) is 30.5 Å². The lowest BCUT2D eigenvalue weighted by Crippen LogP contribution is -2.35. The van der Waals surface area contributed by atoms with Crippen molar-refractivity contribution in [2.45, 2.75) is 38.6 Å². The van der Waals surface area contributed by atoms with Crippen LogP contribution in [0.15, 0.2) is 73.2 Å². The van der Waals surface area contributed by atoms with Gasteiger partial charge in [-0.3, -0.25) is 4.98 Å². The van der Waals surface area contributed by atoms with Crippen molar-refractivity contribution in [3.8, 4) is 17.6 Å². The Morgan fingerprint density at radius 3 is 2.35 bits per heavy atom. The first-order chi connectivity index (χ1) is 17.9.